The Morgan fingerprint density at radius 3 is 2.59 bits per heavy atom. The number of para-hydroxylation sites is 1. The van der Waals surface area contributed by atoms with E-state index in [9.17, 15) is 5.11 Å². The maximum absolute atomic E-state index is 11.1. The predicted octanol–water partition coefficient (Wildman–Crippen LogP) is 6.46. The lowest BCUT2D eigenvalue weighted by Gasteiger charge is -2.47. The van der Waals surface area contributed by atoms with Crippen LogP contribution in [0.3, 0.4) is 0 Å². The highest BCUT2D eigenvalue weighted by atomic mass is 16.3. The van der Waals surface area contributed by atoms with E-state index in [4.69, 9.17) is 0 Å². The van der Waals surface area contributed by atoms with Gasteiger partial charge in [-0.1, -0.05) is 24.3 Å². The first-order valence-corrected chi connectivity index (χ1v) is 15.7. The zero-order chi connectivity index (χ0) is 27.8. The predicted molar refractivity (Wildman–Crippen MR) is 166 cm³/mol. The summed E-state index contributed by atoms with van der Waals surface area (Å²) in [7, 11) is 4.50. The van der Waals surface area contributed by atoms with Crippen molar-refractivity contribution in [3.8, 4) is 5.75 Å². The summed E-state index contributed by atoms with van der Waals surface area (Å²) in [6.07, 6.45) is 8.99. The second kappa shape index (κ2) is 9.75. The average molecular weight is 550 g/mol. The lowest BCUT2D eigenvalue weighted by molar-refractivity contribution is 0.0515. The Morgan fingerprint density at radius 1 is 0.927 bits per heavy atom. The first-order chi connectivity index (χ1) is 20.0. The number of hydrogen-bond donors (Lipinski definition) is 3. The van der Waals surface area contributed by atoms with E-state index in [1.165, 1.54) is 50.7 Å². The molecule has 2 fully saturated rings. The summed E-state index contributed by atoms with van der Waals surface area (Å²) in [5.74, 6) is 1.49. The van der Waals surface area contributed by atoms with Crippen molar-refractivity contribution in [3.63, 3.8) is 0 Å². The van der Waals surface area contributed by atoms with Crippen molar-refractivity contribution >= 4 is 21.8 Å². The van der Waals surface area contributed by atoms with E-state index >= 15 is 0 Å². The monoisotopic (exact) mass is 549 g/mol. The molecule has 5 atom stereocenters. The number of phenols is 1. The number of nitrogens with one attached hydrogen (secondary N) is 2. The number of fused-ring (bicyclic) bond motifs is 8. The highest BCUT2D eigenvalue weighted by Gasteiger charge is 2.42. The van der Waals surface area contributed by atoms with Crippen molar-refractivity contribution < 1.29 is 5.11 Å². The van der Waals surface area contributed by atoms with E-state index in [0.29, 0.717) is 29.7 Å². The molecule has 214 valence electrons. The third-order valence-corrected chi connectivity index (χ3v) is 11.2. The van der Waals surface area contributed by atoms with Gasteiger partial charge in [-0.25, -0.2) is 0 Å². The lowest BCUT2D eigenvalue weighted by Crippen LogP contribution is -2.46. The SMILES string of the molecule is C=CC1CN2CCc3c([nH]c4c([C@H]5CCCN5C)c(O)ccc34)[C@@H]2C[C@@H]1C[C@H]1c2[nH]c3ccccc3c2CCN1C. The van der Waals surface area contributed by atoms with Gasteiger partial charge in [0.05, 0.1) is 17.6 Å². The van der Waals surface area contributed by atoms with Crippen LogP contribution in [0, 0.1) is 11.8 Å². The number of aromatic nitrogens is 2. The minimum atomic E-state index is 0.284. The average Bonchev–Trinajstić information content (AvgIpc) is 3.69. The maximum atomic E-state index is 11.1. The summed E-state index contributed by atoms with van der Waals surface area (Å²) >= 11 is 0. The molecule has 2 saturated heterocycles. The summed E-state index contributed by atoms with van der Waals surface area (Å²) in [4.78, 5) is 15.5. The van der Waals surface area contributed by atoms with Crippen LogP contribution in [0.5, 0.6) is 5.75 Å². The molecule has 1 unspecified atom stereocenters. The Balaban J connectivity index is 1.15. The molecule has 4 aliphatic rings. The van der Waals surface area contributed by atoms with Gasteiger partial charge in [-0.05, 0) is 100 Å². The number of benzene rings is 2. The standard InChI is InChI=1S/C35H43N5O/c1-4-21-20-40-17-14-26-24-11-12-31(41)32(28-10-7-15-38(28)2)35(24)37-34(26)30(40)19-22(21)18-29-33-25(13-16-39(29)3)23-8-5-6-9-27(23)36-33/h4-6,8-9,11-12,21-22,28-30,36-37,41H,1,7,10,13-20H2,2-3H3/t21?,22-,28+,29-,30-/m0/s1. The molecule has 0 bridgehead atoms. The molecule has 0 amide bonds. The summed E-state index contributed by atoms with van der Waals surface area (Å²) in [6.45, 7) is 8.70. The Hall–Kier alpha value is -3.06. The van der Waals surface area contributed by atoms with E-state index in [1.54, 1.807) is 0 Å². The summed E-state index contributed by atoms with van der Waals surface area (Å²) < 4.78 is 0. The zero-order valence-corrected chi connectivity index (χ0v) is 24.5. The number of aromatic hydroxyl groups is 1. The number of hydrogen-bond acceptors (Lipinski definition) is 4. The van der Waals surface area contributed by atoms with Crippen molar-refractivity contribution in [2.75, 3.05) is 40.3 Å². The molecule has 3 N–H and O–H groups in total. The molecule has 0 aliphatic carbocycles. The molecule has 6 heterocycles. The second-order valence-corrected chi connectivity index (χ2v) is 13.3. The smallest absolute Gasteiger partial charge is 0.122 e. The van der Waals surface area contributed by atoms with Crippen LogP contribution < -0.4 is 0 Å². The first kappa shape index (κ1) is 25.6. The van der Waals surface area contributed by atoms with Crippen LogP contribution in [-0.4, -0.2) is 70.0 Å². The third kappa shape index (κ3) is 3.94. The highest BCUT2D eigenvalue weighted by Crippen LogP contribution is 2.49. The quantitative estimate of drug-likeness (QED) is 0.256. The number of likely N-dealkylation sites (tertiary alicyclic amines) is 1. The fourth-order valence-electron chi connectivity index (χ4n) is 9.04. The van der Waals surface area contributed by atoms with Gasteiger partial charge in [-0.2, -0.15) is 0 Å². The van der Waals surface area contributed by atoms with E-state index < -0.39 is 0 Å². The van der Waals surface area contributed by atoms with Crippen LogP contribution in [0.1, 0.15) is 71.9 Å². The van der Waals surface area contributed by atoms with Crippen LogP contribution in [0.25, 0.3) is 21.8 Å². The molecule has 2 aromatic heterocycles. The molecule has 6 nitrogen and oxygen atoms in total. The number of phenolic OH excluding ortho intramolecular Hbond substituents is 1. The maximum Gasteiger partial charge on any atom is 0.122 e. The molecule has 2 aromatic carbocycles. The molecule has 0 saturated carbocycles. The van der Waals surface area contributed by atoms with Crippen molar-refractivity contribution in [3.05, 3.63) is 77.1 Å². The van der Waals surface area contributed by atoms with Crippen LogP contribution in [0.15, 0.2) is 49.1 Å². The molecule has 4 aliphatic heterocycles. The molecular weight excluding hydrogens is 506 g/mol. The highest BCUT2D eigenvalue weighted by molar-refractivity contribution is 5.90. The van der Waals surface area contributed by atoms with E-state index in [2.05, 4.69) is 81.7 Å². The van der Waals surface area contributed by atoms with Crippen LogP contribution in [0.4, 0.5) is 0 Å². The summed E-state index contributed by atoms with van der Waals surface area (Å²) in [6, 6.07) is 14.0. The van der Waals surface area contributed by atoms with Crippen molar-refractivity contribution in [1.82, 2.24) is 24.7 Å². The summed E-state index contributed by atoms with van der Waals surface area (Å²) in [5, 5.41) is 13.8. The van der Waals surface area contributed by atoms with Crippen molar-refractivity contribution in [1.29, 1.82) is 0 Å². The number of aromatic amines is 2. The number of likely N-dealkylation sites (N-methyl/N-ethyl adjacent to an activating group) is 1. The molecular formula is C35H43N5O. The molecule has 0 spiro atoms. The van der Waals surface area contributed by atoms with Crippen LogP contribution in [-0.2, 0) is 12.8 Å². The number of H-pyrrole nitrogens is 2. The second-order valence-electron chi connectivity index (χ2n) is 13.3. The minimum Gasteiger partial charge on any atom is -0.508 e. The molecule has 8 rings (SSSR count). The normalized spacial score (nSPS) is 29.1. The van der Waals surface area contributed by atoms with Gasteiger partial charge in [-0.3, -0.25) is 14.7 Å². The topological polar surface area (TPSA) is 61.5 Å². The first-order valence-electron chi connectivity index (χ1n) is 15.7. The third-order valence-electron chi connectivity index (χ3n) is 11.2. The van der Waals surface area contributed by atoms with Gasteiger partial charge in [0.1, 0.15) is 5.75 Å². The van der Waals surface area contributed by atoms with E-state index in [1.807, 2.05) is 6.07 Å². The van der Waals surface area contributed by atoms with Crippen LogP contribution in [0.2, 0.25) is 0 Å². The Labute approximate surface area is 243 Å². The van der Waals surface area contributed by atoms with E-state index in [-0.39, 0.29) is 6.04 Å². The molecule has 41 heavy (non-hydrogen) atoms. The van der Waals surface area contributed by atoms with Gasteiger partial charge in [0, 0.05) is 58.9 Å². The fourth-order valence-corrected chi connectivity index (χ4v) is 9.04. The largest absolute Gasteiger partial charge is 0.508 e. The van der Waals surface area contributed by atoms with Gasteiger partial charge >= 0.3 is 0 Å². The number of rotatable bonds is 4. The molecule has 4 aromatic rings. The van der Waals surface area contributed by atoms with Gasteiger partial charge in [0.15, 0.2) is 0 Å². The van der Waals surface area contributed by atoms with Gasteiger partial charge in [-0.15, -0.1) is 6.58 Å². The lowest BCUT2D eigenvalue weighted by atomic mass is 9.74. The van der Waals surface area contributed by atoms with Crippen LogP contribution >= 0.6 is 0 Å². The van der Waals surface area contributed by atoms with Crippen molar-refractivity contribution in [2.24, 2.45) is 11.8 Å². The Bertz CT molecular complexity index is 1630. The van der Waals surface area contributed by atoms with Gasteiger partial charge in [0.2, 0.25) is 0 Å². The Morgan fingerprint density at radius 2 is 1.76 bits per heavy atom. The Kier molecular flexibility index (Phi) is 6.10. The summed E-state index contributed by atoms with van der Waals surface area (Å²) in [5.41, 5.74) is 9.38. The molecule has 6 heteroatoms. The fraction of sp³-hybridized carbons (Fsp3) is 0.486. The van der Waals surface area contributed by atoms with E-state index in [0.717, 1.165) is 63.8 Å². The number of piperidine rings is 1. The zero-order valence-electron chi connectivity index (χ0n) is 24.5. The minimum absolute atomic E-state index is 0.284. The van der Waals surface area contributed by atoms with Crippen molar-refractivity contribution in [2.45, 2.75) is 56.7 Å². The molecule has 0 radical (unpaired) electrons. The van der Waals surface area contributed by atoms with Gasteiger partial charge < -0.3 is 15.1 Å². The number of nitrogens with zero attached hydrogens (tertiary/aromatic N) is 3. The van der Waals surface area contributed by atoms with Gasteiger partial charge in [0.25, 0.3) is 0 Å².